The van der Waals surface area contributed by atoms with Crippen molar-refractivity contribution in [2.24, 2.45) is 0 Å². The van der Waals surface area contributed by atoms with Gasteiger partial charge in [-0.25, -0.2) is 0 Å². The number of unbranched alkanes of at least 4 members (excludes halogenated alkanes) is 8. The first-order chi connectivity index (χ1) is 5.91. The predicted octanol–water partition coefficient (Wildman–Crippen LogP) is 4.89. The highest BCUT2D eigenvalue weighted by Crippen LogP contribution is 2.10. The summed E-state index contributed by atoms with van der Waals surface area (Å²) in [6.07, 6.45) is 12.0. The molecule has 0 aromatic rings. The average molecular weight is 233 g/mol. The van der Waals surface area contributed by atoms with Crippen molar-refractivity contribution in [3.63, 3.8) is 0 Å². The molecule has 0 aliphatic rings. The molecule has 72 valence electrons. The highest BCUT2D eigenvalue weighted by atomic mass is 79.9. The molecule has 0 nitrogen and oxygen atoms in total. The Morgan fingerprint density at radius 3 is 1.83 bits per heavy atom. The van der Waals surface area contributed by atoms with Gasteiger partial charge in [0.2, 0.25) is 0 Å². The van der Waals surface area contributed by atoms with Crippen LogP contribution < -0.4 is 0 Å². The zero-order chi connectivity index (χ0) is 9.07. The maximum Gasteiger partial charge on any atom is 0.0271 e. The molecule has 0 fully saturated rings. The van der Waals surface area contributed by atoms with Crippen LogP contribution >= 0.6 is 15.9 Å². The Morgan fingerprint density at radius 1 is 0.833 bits per heavy atom. The minimum absolute atomic E-state index is 1.11. The van der Waals surface area contributed by atoms with Crippen LogP contribution in [0, 0.1) is 12.3 Å². The molecule has 0 aromatic carbocycles. The van der Waals surface area contributed by atoms with Gasteiger partial charge in [-0.15, -0.1) is 0 Å². The van der Waals surface area contributed by atoms with Crippen molar-refractivity contribution in [1.82, 2.24) is 0 Å². The van der Waals surface area contributed by atoms with Crippen molar-refractivity contribution >= 4 is 15.9 Å². The highest BCUT2D eigenvalue weighted by molar-refractivity contribution is 9.10. The van der Waals surface area contributed by atoms with Crippen molar-refractivity contribution in [1.29, 1.82) is 0 Å². The van der Waals surface area contributed by atoms with Gasteiger partial charge in [-0.3, -0.25) is 0 Å². The molecule has 0 amide bonds. The molecular formula is C11H21Br. The standard InChI is InChI=1S/C11H21Br/c1-2-3-4-5-6-7-8-9-10-11-12/h11H,1-10H2. The van der Waals surface area contributed by atoms with E-state index in [1.165, 1.54) is 51.4 Å². The van der Waals surface area contributed by atoms with Crippen molar-refractivity contribution in [2.75, 3.05) is 0 Å². The molecule has 0 aromatic heterocycles. The summed E-state index contributed by atoms with van der Waals surface area (Å²) in [5, 5.41) is 2.08. The monoisotopic (exact) mass is 232 g/mol. The summed E-state index contributed by atoms with van der Waals surface area (Å²) in [6, 6.07) is 0. The molecule has 0 N–H and O–H groups in total. The molecule has 0 spiro atoms. The Kier molecular flexibility index (Phi) is 11.9. The second-order valence-corrected chi connectivity index (χ2v) is 3.92. The summed E-state index contributed by atoms with van der Waals surface area (Å²) in [5.41, 5.74) is 0. The minimum atomic E-state index is 1.11. The van der Waals surface area contributed by atoms with Crippen LogP contribution in [-0.2, 0) is 0 Å². The number of halogens is 1. The SMILES string of the molecule is [CH2]CCCCCCCCC[CH]Br. The largest absolute Gasteiger partial charge is 0.0879 e. The molecular weight excluding hydrogens is 212 g/mol. The minimum Gasteiger partial charge on any atom is -0.0879 e. The summed E-state index contributed by atoms with van der Waals surface area (Å²) < 4.78 is 0. The Labute approximate surface area is 86.3 Å². The second kappa shape index (κ2) is 11.5. The zero-order valence-electron chi connectivity index (χ0n) is 8.03. The number of rotatable bonds is 9. The molecule has 2 radical (unpaired) electrons. The average Bonchev–Trinajstić information content (AvgIpc) is 2.10. The van der Waals surface area contributed by atoms with E-state index in [1.807, 2.05) is 0 Å². The fraction of sp³-hybridized carbons (Fsp3) is 0.818. The van der Waals surface area contributed by atoms with Gasteiger partial charge in [0, 0.05) is 5.33 Å². The summed E-state index contributed by atoms with van der Waals surface area (Å²) in [5.74, 6) is 0. The van der Waals surface area contributed by atoms with Crippen LogP contribution in [0.2, 0.25) is 0 Å². The summed E-state index contributed by atoms with van der Waals surface area (Å²) in [7, 11) is 0. The summed E-state index contributed by atoms with van der Waals surface area (Å²) >= 11 is 3.32. The van der Waals surface area contributed by atoms with Crippen LogP contribution in [0.4, 0.5) is 0 Å². The van der Waals surface area contributed by atoms with Crippen LogP contribution in [-0.4, -0.2) is 0 Å². The van der Waals surface area contributed by atoms with Crippen molar-refractivity contribution in [2.45, 2.75) is 57.8 Å². The van der Waals surface area contributed by atoms with E-state index in [0.717, 1.165) is 6.42 Å². The maximum absolute atomic E-state index is 3.83. The van der Waals surface area contributed by atoms with E-state index in [2.05, 4.69) is 28.2 Å². The number of hydrogen-bond donors (Lipinski definition) is 0. The van der Waals surface area contributed by atoms with Gasteiger partial charge in [0.05, 0.1) is 0 Å². The molecule has 0 saturated heterocycles. The van der Waals surface area contributed by atoms with E-state index in [4.69, 9.17) is 0 Å². The van der Waals surface area contributed by atoms with E-state index < -0.39 is 0 Å². The van der Waals surface area contributed by atoms with Crippen LogP contribution in [0.1, 0.15) is 57.8 Å². The van der Waals surface area contributed by atoms with Crippen LogP contribution in [0.3, 0.4) is 0 Å². The molecule has 0 aliphatic carbocycles. The predicted molar refractivity (Wildman–Crippen MR) is 60.1 cm³/mol. The highest BCUT2D eigenvalue weighted by Gasteiger charge is 1.90. The summed E-state index contributed by atoms with van der Waals surface area (Å²) in [6.45, 7) is 3.83. The Bertz CT molecular complexity index is 61.4. The molecule has 0 unspecified atom stereocenters. The lowest BCUT2D eigenvalue weighted by Crippen LogP contribution is -1.80. The van der Waals surface area contributed by atoms with E-state index in [9.17, 15) is 0 Å². The molecule has 12 heavy (non-hydrogen) atoms. The Balaban J connectivity index is 2.73. The van der Waals surface area contributed by atoms with Crippen molar-refractivity contribution in [3.8, 4) is 0 Å². The third-order valence-electron chi connectivity index (χ3n) is 2.06. The first-order valence-corrected chi connectivity index (χ1v) is 6.04. The third-order valence-corrected chi connectivity index (χ3v) is 2.52. The van der Waals surface area contributed by atoms with Gasteiger partial charge in [0.15, 0.2) is 0 Å². The van der Waals surface area contributed by atoms with Gasteiger partial charge in [0.25, 0.3) is 0 Å². The third kappa shape index (κ3) is 10.5. The molecule has 0 aliphatic heterocycles. The molecule has 0 rings (SSSR count). The van der Waals surface area contributed by atoms with Crippen LogP contribution in [0.15, 0.2) is 0 Å². The zero-order valence-corrected chi connectivity index (χ0v) is 9.61. The first kappa shape index (κ1) is 12.5. The fourth-order valence-electron chi connectivity index (χ4n) is 1.28. The first-order valence-electron chi connectivity index (χ1n) is 5.13. The van der Waals surface area contributed by atoms with E-state index in [-0.39, 0.29) is 0 Å². The lowest BCUT2D eigenvalue weighted by atomic mass is 10.1. The lowest BCUT2D eigenvalue weighted by molar-refractivity contribution is 0.582. The molecule has 0 atom stereocenters. The normalized spacial score (nSPS) is 10.5. The maximum atomic E-state index is 3.83. The van der Waals surface area contributed by atoms with Crippen molar-refractivity contribution in [3.05, 3.63) is 12.3 Å². The topological polar surface area (TPSA) is 0 Å². The van der Waals surface area contributed by atoms with E-state index >= 15 is 0 Å². The second-order valence-electron chi connectivity index (χ2n) is 3.27. The van der Waals surface area contributed by atoms with Gasteiger partial charge >= 0.3 is 0 Å². The fourth-order valence-corrected chi connectivity index (χ4v) is 1.61. The van der Waals surface area contributed by atoms with E-state index in [0.29, 0.717) is 0 Å². The van der Waals surface area contributed by atoms with Gasteiger partial charge in [-0.1, -0.05) is 74.2 Å². The van der Waals surface area contributed by atoms with E-state index in [1.54, 1.807) is 0 Å². The van der Waals surface area contributed by atoms with Crippen molar-refractivity contribution < 1.29 is 0 Å². The number of hydrogen-bond acceptors (Lipinski definition) is 0. The molecule has 0 heterocycles. The van der Waals surface area contributed by atoms with Gasteiger partial charge in [-0.05, 0) is 6.42 Å². The van der Waals surface area contributed by atoms with Gasteiger partial charge < -0.3 is 0 Å². The lowest BCUT2D eigenvalue weighted by Gasteiger charge is -1.99. The summed E-state index contributed by atoms with van der Waals surface area (Å²) in [4.78, 5) is 0. The molecule has 1 heteroatoms. The smallest absolute Gasteiger partial charge is 0.0271 e. The van der Waals surface area contributed by atoms with Crippen LogP contribution in [0.5, 0.6) is 0 Å². The van der Waals surface area contributed by atoms with Gasteiger partial charge in [0.1, 0.15) is 0 Å². The molecule has 0 bridgehead atoms. The van der Waals surface area contributed by atoms with Crippen LogP contribution in [0.25, 0.3) is 0 Å². The molecule has 0 saturated carbocycles. The van der Waals surface area contributed by atoms with Gasteiger partial charge in [-0.2, -0.15) is 0 Å². The quantitative estimate of drug-likeness (QED) is 0.497. The Morgan fingerprint density at radius 2 is 1.33 bits per heavy atom. The Hall–Kier alpha value is 0.480.